The molecule has 6 nitrogen and oxygen atoms in total. The highest BCUT2D eigenvalue weighted by molar-refractivity contribution is 6.30. The number of nitrogens with zero attached hydrogens (tertiary/aromatic N) is 3. The summed E-state index contributed by atoms with van der Waals surface area (Å²) in [5.41, 5.74) is 7.95. The topological polar surface area (TPSA) is 60.2 Å². The number of aliphatic imine (C=N–C) groups is 1. The van der Waals surface area contributed by atoms with Gasteiger partial charge in [-0.2, -0.15) is 0 Å². The molecule has 4 aromatic rings. The molecule has 1 atom stereocenters. The summed E-state index contributed by atoms with van der Waals surface area (Å²) in [7, 11) is 0. The van der Waals surface area contributed by atoms with Gasteiger partial charge in [-0.3, -0.25) is 9.83 Å². The molecule has 0 bridgehead atoms. The number of amidine groups is 1. The predicted molar refractivity (Wildman–Crippen MR) is 126 cm³/mol. The van der Waals surface area contributed by atoms with Crippen molar-refractivity contribution in [2.75, 3.05) is 6.61 Å². The summed E-state index contributed by atoms with van der Waals surface area (Å²) in [6, 6.07) is 16.5. The second-order valence-electron chi connectivity index (χ2n) is 8.07. The first-order valence-electron chi connectivity index (χ1n) is 10.6. The lowest BCUT2D eigenvalue weighted by molar-refractivity contribution is 0.0623. The molecule has 0 radical (unpaired) electrons. The standard InChI is InChI=1S/C25H22ClFN4O2/c1-15-8-9-17(16(2)11-15)12-18-14-32-30-24(28-18)20-13-19-5-4-10-31(19)29-25(20)33-22-7-3-6-21(26)23(22)27/h3-11,13,18H,12,14H2,1-2H3,(H,28,30)/t18-/m1/s1. The van der Waals surface area contributed by atoms with Crippen LogP contribution in [0.1, 0.15) is 22.3 Å². The molecule has 0 saturated carbocycles. The fourth-order valence-electron chi connectivity index (χ4n) is 3.87. The fourth-order valence-corrected chi connectivity index (χ4v) is 4.04. The summed E-state index contributed by atoms with van der Waals surface area (Å²) in [6.07, 6.45) is 2.52. The monoisotopic (exact) mass is 464 g/mol. The maximum absolute atomic E-state index is 14.5. The molecule has 3 heterocycles. The summed E-state index contributed by atoms with van der Waals surface area (Å²) < 4.78 is 22.0. The van der Waals surface area contributed by atoms with Gasteiger partial charge in [0.25, 0.3) is 0 Å². The molecule has 1 N–H and O–H groups in total. The van der Waals surface area contributed by atoms with Gasteiger partial charge in [0.2, 0.25) is 5.88 Å². The van der Waals surface area contributed by atoms with E-state index in [0.29, 0.717) is 18.0 Å². The maximum atomic E-state index is 14.5. The van der Waals surface area contributed by atoms with Gasteiger partial charge in [0, 0.05) is 6.20 Å². The summed E-state index contributed by atoms with van der Waals surface area (Å²) in [6.45, 7) is 4.61. The molecule has 2 aromatic heterocycles. The number of halogens is 2. The lowest BCUT2D eigenvalue weighted by Gasteiger charge is -2.23. The van der Waals surface area contributed by atoms with Gasteiger partial charge in [0.1, 0.15) is 0 Å². The van der Waals surface area contributed by atoms with Crippen LogP contribution in [0.25, 0.3) is 5.52 Å². The number of aryl methyl sites for hydroxylation is 2. The van der Waals surface area contributed by atoms with Crippen molar-refractivity contribution in [3.63, 3.8) is 0 Å². The molecule has 1 aliphatic heterocycles. The molecule has 0 saturated heterocycles. The third-order valence-corrected chi connectivity index (χ3v) is 5.86. The molecule has 168 valence electrons. The van der Waals surface area contributed by atoms with Gasteiger partial charge in [-0.05, 0) is 61.7 Å². The zero-order valence-electron chi connectivity index (χ0n) is 18.2. The predicted octanol–water partition coefficient (Wildman–Crippen LogP) is 5.43. The molecule has 0 unspecified atom stereocenters. The van der Waals surface area contributed by atoms with Gasteiger partial charge in [-0.25, -0.2) is 14.4 Å². The lowest BCUT2D eigenvalue weighted by atomic mass is 9.99. The largest absolute Gasteiger partial charge is 0.434 e. The van der Waals surface area contributed by atoms with E-state index < -0.39 is 5.82 Å². The minimum Gasteiger partial charge on any atom is -0.434 e. The Bertz CT molecular complexity index is 1370. The number of hydrogen-bond acceptors (Lipinski definition) is 5. The van der Waals surface area contributed by atoms with E-state index in [2.05, 4.69) is 42.6 Å². The number of rotatable bonds is 5. The number of ether oxygens (including phenoxy) is 1. The number of hydrogen-bond donors (Lipinski definition) is 1. The Hall–Kier alpha value is -3.42. The Morgan fingerprint density at radius 1 is 1.18 bits per heavy atom. The highest BCUT2D eigenvalue weighted by Gasteiger charge is 2.23. The second kappa shape index (κ2) is 8.84. The normalized spacial score (nSPS) is 15.9. The average Bonchev–Trinajstić information content (AvgIpc) is 3.26. The molecule has 0 amide bonds. The van der Waals surface area contributed by atoms with Crippen LogP contribution in [0.5, 0.6) is 11.6 Å². The van der Waals surface area contributed by atoms with Gasteiger partial charge in [0.15, 0.2) is 17.4 Å². The summed E-state index contributed by atoms with van der Waals surface area (Å²) in [5, 5.41) is 4.49. The first kappa shape index (κ1) is 21.4. The molecule has 0 aliphatic carbocycles. The van der Waals surface area contributed by atoms with Crippen LogP contribution in [0.4, 0.5) is 4.39 Å². The van der Waals surface area contributed by atoms with Crippen molar-refractivity contribution in [2.24, 2.45) is 4.99 Å². The van der Waals surface area contributed by atoms with Crippen molar-refractivity contribution in [3.05, 3.63) is 93.9 Å². The number of hydroxylamine groups is 1. The van der Waals surface area contributed by atoms with E-state index in [1.54, 1.807) is 16.8 Å². The Labute approximate surface area is 195 Å². The van der Waals surface area contributed by atoms with E-state index in [1.165, 1.54) is 28.8 Å². The first-order valence-corrected chi connectivity index (χ1v) is 11.0. The van der Waals surface area contributed by atoms with Gasteiger partial charge in [0.05, 0.1) is 28.8 Å². The van der Waals surface area contributed by atoms with Gasteiger partial charge < -0.3 is 4.74 Å². The molecule has 0 fully saturated rings. The Balaban J connectivity index is 1.52. The van der Waals surface area contributed by atoms with E-state index in [1.807, 2.05) is 18.2 Å². The molecule has 5 rings (SSSR count). The van der Waals surface area contributed by atoms with Crippen LogP contribution in [-0.4, -0.2) is 28.1 Å². The van der Waals surface area contributed by atoms with Gasteiger partial charge in [-0.15, -0.1) is 5.10 Å². The van der Waals surface area contributed by atoms with Crippen LogP contribution in [-0.2, 0) is 11.3 Å². The lowest BCUT2D eigenvalue weighted by Crippen LogP contribution is -2.37. The SMILES string of the molecule is Cc1ccc(C[C@@H]2CONC(c3cc4cccn4nc3Oc3cccc(Cl)c3F)=N2)c(C)c1. The zero-order valence-corrected chi connectivity index (χ0v) is 18.9. The highest BCUT2D eigenvalue weighted by Crippen LogP contribution is 2.30. The molecular weight excluding hydrogens is 443 g/mol. The number of aromatic nitrogens is 2. The van der Waals surface area contributed by atoms with Crippen molar-refractivity contribution in [2.45, 2.75) is 26.3 Å². The molecule has 2 aromatic carbocycles. The summed E-state index contributed by atoms with van der Waals surface area (Å²) >= 11 is 5.93. The van der Waals surface area contributed by atoms with Crippen LogP contribution >= 0.6 is 11.6 Å². The van der Waals surface area contributed by atoms with E-state index in [-0.39, 0.29) is 22.7 Å². The van der Waals surface area contributed by atoms with Crippen molar-refractivity contribution in [1.29, 1.82) is 0 Å². The smallest absolute Gasteiger partial charge is 0.248 e. The molecule has 0 spiro atoms. The Morgan fingerprint density at radius 3 is 2.91 bits per heavy atom. The summed E-state index contributed by atoms with van der Waals surface area (Å²) in [5.74, 6) is -0.0134. The van der Waals surface area contributed by atoms with Crippen molar-refractivity contribution in [3.8, 4) is 11.6 Å². The molecular formula is C25H22ClFN4O2. The van der Waals surface area contributed by atoms with Gasteiger partial charge >= 0.3 is 0 Å². The minimum absolute atomic E-state index is 0.0214. The average molecular weight is 465 g/mol. The van der Waals surface area contributed by atoms with Crippen LogP contribution < -0.4 is 10.2 Å². The van der Waals surface area contributed by atoms with Crippen molar-refractivity contribution in [1.82, 2.24) is 15.1 Å². The number of fused-ring (bicyclic) bond motifs is 1. The van der Waals surface area contributed by atoms with Crippen LogP contribution in [0, 0.1) is 19.7 Å². The van der Waals surface area contributed by atoms with Crippen LogP contribution in [0.3, 0.4) is 0 Å². The molecule has 1 aliphatic rings. The maximum Gasteiger partial charge on any atom is 0.248 e. The number of benzene rings is 2. The third-order valence-electron chi connectivity index (χ3n) is 5.57. The van der Waals surface area contributed by atoms with E-state index >= 15 is 0 Å². The van der Waals surface area contributed by atoms with E-state index in [9.17, 15) is 4.39 Å². The Kier molecular flexibility index (Phi) is 5.74. The molecule has 8 heteroatoms. The van der Waals surface area contributed by atoms with Crippen LogP contribution in [0.15, 0.2) is 65.8 Å². The Morgan fingerprint density at radius 2 is 2.06 bits per heavy atom. The van der Waals surface area contributed by atoms with E-state index in [0.717, 1.165) is 11.9 Å². The fraction of sp³-hybridized carbons (Fsp3) is 0.200. The highest BCUT2D eigenvalue weighted by atomic mass is 35.5. The first-order chi connectivity index (χ1) is 16.0. The van der Waals surface area contributed by atoms with Crippen molar-refractivity contribution >= 4 is 23.0 Å². The quantitative estimate of drug-likeness (QED) is 0.428. The van der Waals surface area contributed by atoms with E-state index in [4.69, 9.17) is 26.2 Å². The number of nitrogens with one attached hydrogen (secondary N) is 1. The third kappa shape index (κ3) is 4.42. The second-order valence-corrected chi connectivity index (χ2v) is 8.48. The molecule has 33 heavy (non-hydrogen) atoms. The van der Waals surface area contributed by atoms with Crippen molar-refractivity contribution < 1.29 is 14.0 Å². The van der Waals surface area contributed by atoms with Gasteiger partial charge in [-0.1, -0.05) is 41.4 Å². The van der Waals surface area contributed by atoms with Crippen LogP contribution in [0.2, 0.25) is 5.02 Å². The summed E-state index contributed by atoms with van der Waals surface area (Å²) in [4.78, 5) is 10.5. The zero-order chi connectivity index (χ0) is 22.9. The minimum atomic E-state index is -0.651.